The Bertz CT molecular complexity index is 628. The minimum absolute atomic E-state index is 0.00931. The van der Waals surface area contributed by atoms with E-state index in [1.807, 2.05) is 38.1 Å². The van der Waals surface area contributed by atoms with E-state index in [2.05, 4.69) is 10.3 Å². The molecule has 20 heavy (non-hydrogen) atoms. The number of rotatable bonds is 5. The number of carboxylic acid groups (broad SMARTS) is 1. The van der Waals surface area contributed by atoms with E-state index < -0.39 is 5.97 Å². The number of hydrogen-bond acceptors (Lipinski definition) is 4. The van der Waals surface area contributed by atoms with Gasteiger partial charge in [0.25, 0.3) is 0 Å². The molecule has 5 nitrogen and oxygen atoms in total. The van der Waals surface area contributed by atoms with Gasteiger partial charge in [-0.25, -0.2) is 9.78 Å². The van der Waals surface area contributed by atoms with Crippen molar-refractivity contribution in [3.05, 3.63) is 36.0 Å². The zero-order valence-electron chi connectivity index (χ0n) is 11.5. The molecule has 3 N–H and O–H groups in total. The summed E-state index contributed by atoms with van der Waals surface area (Å²) in [7, 11) is 0. The predicted molar refractivity (Wildman–Crippen MR) is 78.0 cm³/mol. The number of carbonyl (C=O) groups is 1. The standard InChI is InChI=1S/C15H18N2O3/c1-9(8-18)10(2)16-14-12-6-4-3-5-11(12)7-13(17-14)15(19)20/h3-7,9-10,18H,8H2,1-2H3,(H,16,17)(H,19,20). The van der Waals surface area contributed by atoms with Crippen molar-refractivity contribution in [3.63, 3.8) is 0 Å². The fraction of sp³-hybridized carbons (Fsp3) is 0.333. The maximum absolute atomic E-state index is 11.1. The number of nitrogens with zero attached hydrogens (tertiary/aromatic N) is 1. The number of aromatic carboxylic acids is 1. The van der Waals surface area contributed by atoms with Gasteiger partial charge in [-0.15, -0.1) is 0 Å². The first kappa shape index (κ1) is 14.3. The van der Waals surface area contributed by atoms with Crippen LogP contribution in [0.25, 0.3) is 10.8 Å². The van der Waals surface area contributed by atoms with Gasteiger partial charge in [0.05, 0.1) is 0 Å². The average Bonchev–Trinajstić information content (AvgIpc) is 2.46. The number of anilines is 1. The molecule has 0 spiro atoms. The number of aliphatic hydroxyl groups is 1. The lowest BCUT2D eigenvalue weighted by Crippen LogP contribution is -2.27. The molecule has 1 aromatic heterocycles. The van der Waals surface area contributed by atoms with E-state index in [1.54, 1.807) is 6.07 Å². The molecule has 1 aromatic carbocycles. The SMILES string of the molecule is CC(CO)C(C)Nc1nc(C(=O)O)cc2ccccc12. The number of carboxylic acids is 1. The molecule has 0 bridgehead atoms. The smallest absolute Gasteiger partial charge is 0.354 e. The van der Waals surface area contributed by atoms with Crippen molar-refractivity contribution in [3.8, 4) is 0 Å². The summed E-state index contributed by atoms with van der Waals surface area (Å²) in [5.74, 6) is -0.473. The first-order chi connectivity index (χ1) is 9.52. The highest BCUT2D eigenvalue weighted by Gasteiger charge is 2.15. The summed E-state index contributed by atoms with van der Waals surface area (Å²) in [5.41, 5.74) is 0.00931. The molecule has 0 fully saturated rings. The molecule has 5 heteroatoms. The molecule has 2 unspecified atom stereocenters. The minimum atomic E-state index is -1.05. The van der Waals surface area contributed by atoms with Gasteiger partial charge in [-0.05, 0) is 24.3 Å². The van der Waals surface area contributed by atoms with E-state index in [0.29, 0.717) is 5.82 Å². The highest BCUT2D eigenvalue weighted by atomic mass is 16.4. The Hall–Kier alpha value is -2.14. The largest absolute Gasteiger partial charge is 0.477 e. The van der Waals surface area contributed by atoms with Crippen LogP contribution in [-0.4, -0.2) is 33.8 Å². The van der Waals surface area contributed by atoms with Crippen LogP contribution in [-0.2, 0) is 0 Å². The Morgan fingerprint density at radius 3 is 2.70 bits per heavy atom. The second kappa shape index (κ2) is 5.88. The van der Waals surface area contributed by atoms with E-state index in [-0.39, 0.29) is 24.3 Å². The number of benzene rings is 1. The Morgan fingerprint density at radius 1 is 1.35 bits per heavy atom. The summed E-state index contributed by atoms with van der Waals surface area (Å²) in [4.78, 5) is 15.3. The lowest BCUT2D eigenvalue weighted by Gasteiger charge is -2.21. The summed E-state index contributed by atoms with van der Waals surface area (Å²) in [5, 5.41) is 23.2. The van der Waals surface area contributed by atoms with Gasteiger partial charge >= 0.3 is 5.97 Å². The summed E-state index contributed by atoms with van der Waals surface area (Å²) < 4.78 is 0. The maximum Gasteiger partial charge on any atom is 0.354 e. The molecule has 0 saturated heterocycles. The van der Waals surface area contributed by atoms with Crippen LogP contribution in [0.5, 0.6) is 0 Å². The average molecular weight is 274 g/mol. The van der Waals surface area contributed by atoms with Crippen molar-refractivity contribution in [1.29, 1.82) is 0 Å². The van der Waals surface area contributed by atoms with Crippen LogP contribution in [0, 0.1) is 5.92 Å². The van der Waals surface area contributed by atoms with Gasteiger partial charge in [-0.1, -0.05) is 31.2 Å². The van der Waals surface area contributed by atoms with Crippen LogP contribution in [0.3, 0.4) is 0 Å². The number of aliphatic hydroxyl groups excluding tert-OH is 1. The van der Waals surface area contributed by atoms with Crippen molar-refractivity contribution in [2.75, 3.05) is 11.9 Å². The minimum Gasteiger partial charge on any atom is -0.477 e. The molecule has 0 radical (unpaired) electrons. The summed E-state index contributed by atoms with van der Waals surface area (Å²) in [6.07, 6.45) is 0. The highest BCUT2D eigenvalue weighted by Crippen LogP contribution is 2.24. The van der Waals surface area contributed by atoms with E-state index in [4.69, 9.17) is 5.11 Å². The Balaban J connectivity index is 2.47. The first-order valence-electron chi connectivity index (χ1n) is 6.53. The van der Waals surface area contributed by atoms with Crippen LogP contribution in [0.2, 0.25) is 0 Å². The zero-order chi connectivity index (χ0) is 14.7. The molecule has 1 heterocycles. The summed E-state index contributed by atoms with van der Waals surface area (Å²) in [6.45, 7) is 3.91. The van der Waals surface area contributed by atoms with Crippen LogP contribution < -0.4 is 5.32 Å². The lowest BCUT2D eigenvalue weighted by molar-refractivity contribution is 0.0691. The molecule has 0 aliphatic carbocycles. The molecule has 0 aliphatic rings. The van der Waals surface area contributed by atoms with Crippen molar-refractivity contribution >= 4 is 22.6 Å². The second-order valence-electron chi connectivity index (χ2n) is 4.98. The quantitative estimate of drug-likeness (QED) is 0.779. The first-order valence-corrected chi connectivity index (χ1v) is 6.53. The van der Waals surface area contributed by atoms with Crippen molar-refractivity contribution in [2.24, 2.45) is 5.92 Å². The second-order valence-corrected chi connectivity index (χ2v) is 4.98. The number of aromatic nitrogens is 1. The fourth-order valence-corrected chi connectivity index (χ4v) is 1.93. The van der Waals surface area contributed by atoms with E-state index in [9.17, 15) is 9.90 Å². The Labute approximate surface area is 117 Å². The van der Waals surface area contributed by atoms with Gasteiger partial charge in [0.2, 0.25) is 0 Å². The molecule has 0 amide bonds. The van der Waals surface area contributed by atoms with Gasteiger partial charge in [0, 0.05) is 18.0 Å². The number of fused-ring (bicyclic) bond motifs is 1. The lowest BCUT2D eigenvalue weighted by atomic mass is 10.0. The Morgan fingerprint density at radius 2 is 2.05 bits per heavy atom. The molecule has 0 aliphatic heterocycles. The Kier molecular flexibility index (Phi) is 4.20. The molecular formula is C15H18N2O3. The van der Waals surface area contributed by atoms with Gasteiger partial charge in [-0.3, -0.25) is 0 Å². The van der Waals surface area contributed by atoms with Crippen LogP contribution in [0.1, 0.15) is 24.3 Å². The van der Waals surface area contributed by atoms with Crippen LogP contribution in [0.4, 0.5) is 5.82 Å². The third-order valence-electron chi connectivity index (χ3n) is 3.47. The molecule has 0 saturated carbocycles. The van der Waals surface area contributed by atoms with Crippen LogP contribution >= 0.6 is 0 Å². The van der Waals surface area contributed by atoms with Crippen LogP contribution in [0.15, 0.2) is 30.3 Å². The van der Waals surface area contributed by atoms with Crippen molar-refractivity contribution in [2.45, 2.75) is 19.9 Å². The number of hydrogen-bond donors (Lipinski definition) is 3. The molecule has 2 atom stereocenters. The number of pyridine rings is 1. The monoisotopic (exact) mass is 274 g/mol. The third kappa shape index (κ3) is 2.88. The maximum atomic E-state index is 11.1. The van der Waals surface area contributed by atoms with Gasteiger partial charge in [-0.2, -0.15) is 0 Å². The molecule has 106 valence electrons. The fourth-order valence-electron chi connectivity index (χ4n) is 1.93. The van der Waals surface area contributed by atoms with E-state index >= 15 is 0 Å². The summed E-state index contributed by atoms with van der Waals surface area (Å²) >= 11 is 0. The molecular weight excluding hydrogens is 256 g/mol. The van der Waals surface area contributed by atoms with Gasteiger partial charge in [0.1, 0.15) is 5.82 Å². The van der Waals surface area contributed by atoms with Crippen molar-refractivity contribution in [1.82, 2.24) is 4.98 Å². The zero-order valence-corrected chi connectivity index (χ0v) is 11.5. The normalized spacial score (nSPS) is 13.9. The van der Waals surface area contributed by atoms with Gasteiger partial charge < -0.3 is 15.5 Å². The molecule has 2 aromatic rings. The van der Waals surface area contributed by atoms with Crippen molar-refractivity contribution < 1.29 is 15.0 Å². The summed E-state index contributed by atoms with van der Waals surface area (Å²) in [6, 6.07) is 9.04. The molecule has 2 rings (SSSR count). The third-order valence-corrected chi connectivity index (χ3v) is 3.47. The van der Waals surface area contributed by atoms with Gasteiger partial charge in [0.15, 0.2) is 5.69 Å². The topological polar surface area (TPSA) is 82.5 Å². The predicted octanol–water partition coefficient (Wildman–Crippen LogP) is 2.36. The highest BCUT2D eigenvalue weighted by molar-refractivity contribution is 5.97. The van der Waals surface area contributed by atoms with E-state index in [1.165, 1.54) is 0 Å². The number of nitrogens with one attached hydrogen (secondary N) is 1. The van der Waals surface area contributed by atoms with E-state index in [0.717, 1.165) is 10.8 Å².